The van der Waals surface area contributed by atoms with E-state index in [0.29, 0.717) is 22.3 Å². The van der Waals surface area contributed by atoms with Crippen LogP contribution in [0.4, 0.5) is 5.00 Å². The van der Waals surface area contributed by atoms with E-state index in [4.69, 9.17) is 4.52 Å². The number of aryl methyl sites for hydroxylation is 2. The zero-order chi connectivity index (χ0) is 14.1. The van der Waals surface area contributed by atoms with Crippen LogP contribution in [0.15, 0.2) is 22.2 Å². The molecule has 0 spiro atoms. The maximum absolute atomic E-state index is 12.0. The SMILES string of the molecule is Cc1noc(-c2ccsc2NC(=O)c2cn(C)nn2)n1. The Labute approximate surface area is 117 Å². The Morgan fingerprint density at radius 1 is 1.50 bits per heavy atom. The van der Waals surface area contributed by atoms with E-state index >= 15 is 0 Å². The summed E-state index contributed by atoms with van der Waals surface area (Å²) >= 11 is 1.37. The van der Waals surface area contributed by atoms with Gasteiger partial charge in [0.25, 0.3) is 11.8 Å². The number of nitrogens with zero attached hydrogens (tertiary/aromatic N) is 5. The highest BCUT2D eigenvalue weighted by Crippen LogP contribution is 2.32. The van der Waals surface area contributed by atoms with Gasteiger partial charge in [-0.1, -0.05) is 10.4 Å². The second-order valence-corrected chi connectivity index (χ2v) is 4.96. The normalized spacial score (nSPS) is 10.7. The number of anilines is 1. The van der Waals surface area contributed by atoms with Gasteiger partial charge >= 0.3 is 0 Å². The molecule has 0 radical (unpaired) electrons. The quantitative estimate of drug-likeness (QED) is 0.784. The minimum atomic E-state index is -0.335. The van der Waals surface area contributed by atoms with Gasteiger partial charge in [0.2, 0.25) is 0 Å². The molecule has 3 rings (SSSR count). The van der Waals surface area contributed by atoms with Crippen LogP contribution in [0.5, 0.6) is 0 Å². The van der Waals surface area contributed by atoms with Crippen LogP contribution in [0.1, 0.15) is 16.3 Å². The van der Waals surface area contributed by atoms with Crippen molar-refractivity contribution < 1.29 is 9.32 Å². The number of hydrogen-bond donors (Lipinski definition) is 1. The lowest BCUT2D eigenvalue weighted by Crippen LogP contribution is -2.12. The zero-order valence-electron chi connectivity index (χ0n) is 10.7. The molecule has 0 saturated heterocycles. The molecule has 0 bridgehead atoms. The maximum Gasteiger partial charge on any atom is 0.278 e. The van der Waals surface area contributed by atoms with E-state index in [9.17, 15) is 4.79 Å². The van der Waals surface area contributed by atoms with Crippen molar-refractivity contribution in [3.63, 3.8) is 0 Å². The van der Waals surface area contributed by atoms with Gasteiger partial charge in [-0.15, -0.1) is 16.4 Å². The molecule has 0 unspecified atom stereocenters. The fourth-order valence-corrected chi connectivity index (χ4v) is 2.37. The van der Waals surface area contributed by atoms with Gasteiger partial charge in [0, 0.05) is 7.05 Å². The van der Waals surface area contributed by atoms with Gasteiger partial charge < -0.3 is 9.84 Å². The first-order chi connectivity index (χ1) is 9.63. The van der Waals surface area contributed by atoms with Crippen LogP contribution in [0.25, 0.3) is 11.5 Å². The van der Waals surface area contributed by atoms with Crippen molar-refractivity contribution in [3.05, 3.63) is 29.2 Å². The Kier molecular flexibility index (Phi) is 3.03. The Morgan fingerprint density at radius 2 is 2.35 bits per heavy atom. The van der Waals surface area contributed by atoms with E-state index in [0.717, 1.165) is 0 Å². The van der Waals surface area contributed by atoms with E-state index in [1.807, 2.05) is 11.4 Å². The average Bonchev–Trinajstić information content (AvgIpc) is 3.10. The lowest BCUT2D eigenvalue weighted by molar-refractivity contribution is 0.102. The van der Waals surface area contributed by atoms with Crippen LogP contribution in [0, 0.1) is 6.92 Å². The lowest BCUT2D eigenvalue weighted by atomic mass is 10.3. The highest BCUT2D eigenvalue weighted by Gasteiger charge is 2.17. The number of amides is 1. The molecule has 8 nitrogen and oxygen atoms in total. The number of carbonyl (C=O) groups is 1. The van der Waals surface area contributed by atoms with Crippen molar-refractivity contribution in [2.45, 2.75) is 6.92 Å². The first-order valence-electron chi connectivity index (χ1n) is 5.69. The minimum Gasteiger partial charge on any atom is -0.334 e. The summed E-state index contributed by atoms with van der Waals surface area (Å²) in [7, 11) is 1.70. The Morgan fingerprint density at radius 3 is 3.00 bits per heavy atom. The molecular weight excluding hydrogens is 280 g/mol. The molecule has 3 aromatic heterocycles. The predicted molar refractivity (Wildman–Crippen MR) is 71.3 cm³/mol. The molecule has 0 atom stereocenters. The molecule has 3 aromatic rings. The van der Waals surface area contributed by atoms with Gasteiger partial charge in [-0.3, -0.25) is 9.48 Å². The smallest absolute Gasteiger partial charge is 0.278 e. The van der Waals surface area contributed by atoms with E-state index in [1.54, 1.807) is 20.2 Å². The van der Waals surface area contributed by atoms with E-state index in [1.165, 1.54) is 16.0 Å². The van der Waals surface area contributed by atoms with Crippen LogP contribution in [0.3, 0.4) is 0 Å². The first kappa shape index (κ1) is 12.5. The summed E-state index contributed by atoms with van der Waals surface area (Å²) in [5.41, 5.74) is 0.932. The van der Waals surface area contributed by atoms with Gasteiger partial charge in [-0.05, 0) is 18.4 Å². The maximum atomic E-state index is 12.0. The van der Waals surface area contributed by atoms with Crippen LogP contribution < -0.4 is 5.32 Å². The minimum absolute atomic E-state index is 0.244. The fourth-order valence-electron chi connectivity index (χ4n) is 1.60. The molecule has 0 saturated carbocycles. The summed E-state index contributed by atoms with van der Waals surface area (Å²) in [6, 6.07) is 1.81. The summed E-state index contributed by atoms with van der Waals surface area (Å²) < 4.78 is 6.57. The standard InChI is InChI=1S/C11H10N6O2S/c1-6-12-10(19-15-6)7-3-4-20-11(7)13-9(18)8-5-17(2)16-14-8/h3-5H,1-2H3,(H,13,18). The molecule has 1 N–H and O–H groups in total. The molecule has 20 heavy (non-hydrogen) atoms. The third kappa shape index (κ3) is 2.30. The van der Waals surface area contributed by atoms with Crippen molar-refractivity contribution in [2.24, 2.45) is 7.05 Å². The Bertz CT molecular complexity index is 758. The summed E-state index contributed by atoms with van der Waals surface area (Å²) in [5, 5.41) is 16.4. The third-order valence-electron chi connectivity index (χ3n) is 2.49. The lowest BCUT2D eigenvalue weighted by Gasteiger charge is -2.01. The van der Waals surface area contributed by atoms with Crippen LogP contribution in [0.2, 0.25) is 0 Å². The van der Waals surface area contributed by atoms with E-state index < -0.39 is 0 Å². The first-order valence-corrected chi connectivity index (χ1v) is 6.57. The molecule has 0 aliphatic carbocycles. The van der Waals surface area contributed by atoms with Crippen LogP contribution in [-0.2, 0) is 7.05 Å². The zero-order valence-corrected chi connectivity index (χ0v) is 11.5. The van der Waals surface area contributed by atoms with Gasteiger partial charge in [0.15, 0.2) is 11.5 Å². The topological polar surface area (TPSA) is 98.7 Å². The summed E-state index contributed by atoms with van der Waals surface area (Å²) in [6.45, 7) is 1.73. The Balaban J connectivity index is 1.85. The number of carbonyl (C=O) groups excluding carboxylic acids is 1. The summed E-state index contributed by atoms with van der Waals surface area (Å²) in [6.07, 6.45) is 1.54. The highest BCUT2D eigenvalue weighted by molar-refractivity contribution is 7.15. The van der Waals surface area contributed by atoms with Crippen molar-refractivity contribution >= 4 is 22.2 Å². The molecule has 1 amide bonds. The molecule has 102 valence electrons. The molecule has 0 aliphatic rings. The van der Waals surface area contributed by atoms with Gasteiger partial charge in [0.1, 0.15) is 5.00 Å². The number of nitrogens with one attached hydrogen (secondary N) is 1. The largest absolute Gasteiger partial charge is 0.334 e. The third-order valence-corrected chi connectivity index (χ3v) is 3.32. The van der Waals surface area contributed by atoms with Gasteiger partial charge in [0.05, 0.1) is 11.8 Å². The molecule has 0 aliphatic heterocycles. The second kappa shape index (κ2) is 4.85. The van der Waals surface area contributed by atoms with E-state index in [-0.39, 0.29) is 11.6 Å². The Hall–Kier alpha value is -2.55. The van der Waals surface area contributed by atoms with Crippen LogP contribution >= 0.6 is 11.3 Å². The van der Waals surface area contributed by atoms with Crippen molar-refractivity contribution in [2.75, 3.05) is 5.32 Å². The number of rotatable bonds is 3. The van der Waals surface area contributed by atoms with E-state index in [2.05, 4.69) is 25.8 Å². The monoisotopic (exact) mass is 290 g/mol. The number of aromatic nitrogens is 5. The summed E-state index contributed by atoms with van der Waals surface area (Å²) in [4.78, 5) is 16.2. The molecule has 3 heterocycles. The number of thiophene rings is 1. The van der Waals surface area contributed by atoms with Crippen molar-refractivity contribution in [3.8, 4) is 11.5 Å². The number of hydrogen-bond acceptors (Lipinski definition) is 7. The molecule has 9 heteroatoms. The fraction of sp³-hybridized carbons (Fsp3) is 0.182. The van der Waals surface area contributed by atoms with Crippen molar-refractivity contribution in [1.29, 1.82) is 0 Å². The van der Waals surface area contributed by atoms with Crippen molar-refractivity contribution in [1.82, 2.24) is 25.1 Å². The molecule has 0 aromatic carbocycles. The predicted octanol–water partition coefficient (Wildman–Crippen LogP) is 1.49. The highest BCUT2D eigenvalue weighted by atomic mass is 32.1. The average molecular weight is 290 g/mol. The molecular formula is C11H10N6O2S. The molecule has 0 fully saturated rings. The second-order valence-electron chi connectivity index (χ2n) is 4.04. The summed E-state index contributed by atoms with van der Waals surface area (Å²) in [5.74, 6) is 0.577. The van der Waals surface area contributed by atoms with Crippen LogP contribution in [-0.4, -0.2) is 31.0 Å². The van der Waals surface area contributed by atoms with Gasteiger partial charge in [-0.2, -0.15) is 4.98 Å². The van der Waals surface area contributed by atoms with Gasteiger partial charge in [-0.25, -0.2) is 0 Å².